The second kappa shape index (κ2) is 17.0. The van der Waals surface area contributed by atoms with Crippen molar-refractivity contribution in [1.82, 2.24) is 9.97 Å². The van der Waals surface area contributed by atoms with Gasteiger partial charge in [0.25, 0.3) is 0 Å². The van der Waals surface area contributed by atoms with Gasteiger partial charge in [0.05, 0.1) is 11.8 Å². The molecule has 4 heterocycles. The zero-order chi connectivity index (χ0) is 39.7. The van der Waals surface area contributed by atoms with E-state index in [-0.39, 0.29) is 0 Å². The fraction of sp³-hybridized carbons (Fsp3) is 0.417. The van der Waals surface area contributed by atoms with Crippen molar-refractivity contribution in [2.75, 3.05) is 0 Å². The first-order chi connectivity index (χ1) is 27.0. The quantitative estimate of drug-likeness (QED) is 0.143. The summed E-state index contributed by atoms with van der Waals surface area (Å²) >= 11 is 3.62. The fourth-order valence-electron chi connectivity index (χ4n) is 9.25. The van der Waals surface area contributed by atoms with Gasteiger partial charge in [-0.1, -0.05) is 86.3 Å². The molecule has 2 aliphatic rings. The Morgan fingerprint density at radius 3 is 1.38 bits per heavy atom. The summed E-state index contributed by atoms with van der Waals surface area (Å²) in [5.41, 5.74) is 13.3. The van der Waals surface area contributed by atoms with Crippen molar-refractivity contribution >= 4 is 55.0 Å². The van der Waals surface area contributed by atoms with E-state index >= 15 is 0 Å². The van der Waals surface area contributed by atoms with E-state index in [4.69, 9.17) is 9.97 Å². The van der Waals surface area contributed by atoms with Crippen molar-refractivity contribution in [3.63, 3.8) is 0 Å². The summed E-state index contributed by atoms with van der Waals surface area (Å²) in [5, 5.41) is 22.5. The summed E-state index contributed by atoms with van der Waals surface area (Å²) in [5.74, 6) is -2.53. The topological polar surface area (TPSA) is 100 Å². The third-order valence-electron chi connectivity index (χ3n) is 11.7. The van der Waals surface area contributed by atoms with Gasteiger partial charge in [-0.3, -0.25) is 9.59 Å². The summed E-state index contributed by atoms with van der Waals surface area (Å²) in [6, 6.07) is 17.0. The first-order valence-corrected chi connectivity index (χ1v) is 22.1. The van der Waals surface area contributed by atoms with Crippen LogP contribution in [0.25, 0.3) is 42.7 Å². The highest BCUT2D eigenvalue weighted by Gasteiger charge is 2.32. The molecule has 0 spiro atoms. The van der Waals surface area contributed by atoms with Crippen molar-refractivity contribution < 1.29 is 19.8 Å². The van der Waals surface area contributed by atoms with Crippen LogP contribution in [0.4, 0.5) is 0 Å². The first-order valence-electron chi connectivity index (χ1n) is 20.5. The zero-order valence-electron chi connectivity index (χ0n) is 33.7. The van der Waals surface area contributed by atoms with Gasteiger partial charge in [0.2, 0.25) is 0 Å². The highest BCUT2D eigenvalue weighted by molar-refractivity contribution is 7.19. The van der Waals surface area contributed by atoms with Gasteiger partial charge in [0.15, 0.2) is 0 Å². The zero-order valence-corrected chi connectivity index (χ0v) is 35.3. The lowest BCUT2D eigenvalue weighted by atomic mass is 9.83. The minimum Gasteiger partial charge on any atom is -0.481 e. The minimum atomic E-state index is -0.746. The third kappa shape index (κ3) is 7.67. The molecule has 2 aliphatic carbocycles. The van der Waals surface area contributed by atoms with E-state index in [1.165, 1.54) is 68.5 Å². The maximum atomic E-state index is 12.2. The van der Waals surface area contributed by atoms with Crippen LogP contribution >= 0.6 is 22.7 Å². The highest BCUT2D eigenvalue weighted by Crippen LogP contribution is 2.47. The molecule has 2 aromatic carbocycles. The standard InChI is InChI=1S/2C24H27NO2S/c2*1-4-8-18(24(26)27)20-15(3)25-23-22(17-11-5-6-12-19(17)28-23)21(20)16-10-7-9-14(2)13-16/h2*7,9-10,13,18H,4-6,8,11-12H2,1-3H3,(H,26,27). The Hall–Kier alpha value is -4.40. The average molecular weight is 787 g/mol. The van der Waals surface area contributed by atoms with Gasteiger partial charge in [-0.2, -0.15) is 0 Å². The van der Waals surface area contributed by atoms with E-state index in [9.17, 15) is 19.8 Å². The first kappa shape index (κ1) is 39.8. The van der Waals surface area contributed by atoms with Crippen molar-refractivity contribution in [1.29, 1.82) is 0 Å². The predicted molar refractivity (Wildman–Crippen MR) is 233 cm³/mol. The summed E-state index contributed by atoms with van der Waals surface area (Å²) < 4.78 is 0. The Balaban J connectivity index is 0.000000172. The molecule has 0 bridgehead atoms. The molecule has 2 N–H and O–H groups in total. The Labute approximate surface area is 339 Å². The molecule has 292 valence electrons. The molecular formula is C48H54N2O4S2. The SMILES string of the molecule is CCCC(C(=O)O)c1c(C)nc2sc3c(c2c1-c1cccc(C)c1)CCCC3.CCCC(C(=O)O)c1c(C)nc2sc3c(c2c1-c1cccc(C)c1)CCCC3. The number of carboxylic acids is 2. The number of fused-ring (bicyclic) bond motifs is 6. The Bertz CT molecular complexity index is 2270. The largest absolute Gasteiger partial charge is 0.481 e. The van der Waals surface area contributed by atoms with Gasteiger partial charge in [0, 0.05) is 31.9 Å². The van der Waals surface area contributed by atoms with Crippen LogP contribution in [-0.4, -0.2) is 32.1 Å². The summed E-state index contributed by atoms with van der Waals surface area (Å²) in [7, 11) is 0. The van der Waals surface area contributed by atoms with Crippen LogP contribution in [0.2, 0.25) is 0 Å². The number of hydrogen-bond acceptors (Lipinski definition) is 6. The number of benzene rings is 2. The number of aliphatic carboxylic acids is 2. The second-order valence-electron chi connectivity index (χ2n) is 15.9. The molecule has 8 heteroatoms. The molecule has 2 atom stereocenters. The van der Waals surface area contributed by atoms with Gasteiger partial charge in [0.1, 0.15) is 9.66 Å². The molecule has 0 amide bonds. The lowest BCUT2D eigenvalue weighted by Gasteiger charge is -2.21. The predicted octanol–water partition coefficient (Wildman–Crippen LogP) is 12.9. The van der Waals surface area contributed by atoms with Crippen LogP contribution in [0.1, 0.15) is 132 Å². The number of pyridine rings is 2. The average Bonchev–Trinajstić information content (AvgIpc) is 3.73. The molecule has 0 radical (unpaired) electrons. The third-order valence-corrected chi connectivity index (χ3v) is 14.1. The van der Waals surface area contributed by atoms with Crippen molar-refractivity contribution in [2.45, 2.75) is 130 Å². The maximum Gasteiger partial charge on any atom is 0.311 e. The van der Waals surface area contributed by atoms with Crippen molar-refractivity contribution in [3.05, 3.63) is 103 Å². The van der Waals surface area contributed by atoms with E-state index in [1.54, 1.807) is 0 Å². The second-order valence-corrected chi connectivity index (χ2v) is 18.0. The number of carboxylic acid groups (broad SMARTS) is 2. The number of hydrogen-bond donors (Lipinski definition) is 2. The summed E-state index contributed by atoms with van der Waals surface area (Å²) in [6.07, 6.45) is 12.2. The molecule has 0 aliphatic heterocycles. The van der Waals surface area contributed by atoms with Crippen LogP contribution in [-0.2, 0) is 35.3 Å². The fourth-order valence-corrected chi connectivity index (χ4v) is 11.9. The Morgan fingerprint density at radius 2 is 1.02 bits per heavy atom. The normalized spacial score (nSPS) is 14.8. The summed E-state index contributed by atoms with van der Waals surface area (Å²) in [6.45, 7) is 12.3. The summed E-state index contributed by atoms with van der Waals surface area (Å²) in [4.78, 5) is 39.4. The number of aromatic nitrogens is 2. The van der Waals surface area contributed by atoms with Gasteiger partial charge < -0.3 is 10.2 Å². The molecular weight excluding hydrogens is 733 g/mol. The molecule has 0 saturated carbocycles. The van der Waals surface area contributed by atoms with Crippen LogP contribution in [0.5, 0.6) is 0 Å². The Morgan fingerprint density at radius 1 is 0.625 bits per heavy atom. The lowest BCUT2D eigenvalue weighted by Crippen LogP contribution is -2.15. The molecule has 0 saturated heterocycles. The number of nitrogens with zero attached hydrogens (tertiary/aromatic N) is 2. The van der Waals surface area contributed by atoms with Gasteiger partial charge >= 0.3 is 11.9 Å². The number of rotatable bonds is 10. The maximum absolute atomic E-state index is 12.2. The van der Waals surface area contributed by atoms with Crippen molar-refractivity contribution in [3.8, 4) is 22.3 Å². The minimum absolute atomic E-state index is 0.517. The number of carbonyl (C=O) groups is 2. The molecule has 6 aromatic rings. The monoisotopic (exact) mass is 786 g/mol. The van der Waals surface area contributed by atoms with E-state index < -0.39 is 23.8 Å². The number of thiophene rings is 2. The Kier molecular flexibility index (Phi) is 12.1. The van der Waals surface area contributed by atoms with Crippen LogP contribution in [0, 0.1) is 27.7 Å². The van der Waals surface area contributed by atoms with Gasteiger partial charge in [-0.05, 0) is 136 Å². The van der Waals surface area contributed by atoms with E-state index in [0.29, 0.717) is 12.8 Å². The van der Waals surface area contributed by atoms with Gasteiger partial charge in [-0.15, -0.1) is 22.7 Å². The van der Waals surface area contributed by atoms with E-state index in [0.717, 1.165) is 93.0 Å². The molecule has 56 heavy (non-hydrogen) atoms. The lowest BCUT2D eigenvalue weighted by molar-refractivity contribution is -0.140. The molecule has 4 aromatic heterocycles. The van der Waals surface area contributed by atoms with E-state index in [2.05, 4.69) is 76.2 Å². The smallest absolute Gasteiger partial charge is 0.311 e. The van der Waals surface area contributed by atoms with E-state index in [1.807, 2.05) is 36.5 Å². The molecule has 8 rings (SSSR count). The number of aryl methyl sites for hydroxylation is 8. The van der Waals surface area contributed by atoms with Crippen molar-refractivity contribution in [2.24, 2.45) is 0 Å². The van der Waals surface area contributed by atoms with Crippen LogP contribution in [0.15, 0.2) is 48.5 Å². The molecule has 2 unspecified atom stereocenters. The molecule has 0 fully saturated rings. The van der Waals surface area contributed by atoms with Crippen LogP contribution in [0.3, 0.4) is 0 Å². The molecule has 6 nitrogen and oxygen atoms in total. The van der Waals surface area contributed by atoms with Gasteiger partial charge in [-0.25, -0.2) is 9.97 Å². The van der Waals surface area contributed by atoms with Crippen LogP contribution < -0.4 is 0 Å². The highest BCUT2D eigenvalue weighted by atomic mass is 32.1.